The summed E-state index contributed by atoms with van der Waals surface area (Å²) in [5.74, 6) is -0.908. The minimum absolute atomic E-state index is 0. The molecule has 0 spiro atoms. The van der Waals surface area contributed by atoms with Crippen LogP contribution < -0.4 is 5.73 Å². The van der Waals surface area contributed by atoms with Crippen LogP contribution in [0.5, 0.6) is 0 Å². The van der Waals surface area contributed by atoms with Gasteiger partial charge in [-0.05, 0) is 43.2 Å². The first-order chi connectivity index (χ1) is 12.4. The van der Waals surface area contributed by atoms with E-state index in [-0.39, 0.29) is 18.9 Å². The average Bonchev–Trinajstić information content (AvgIpc) is 3.06. The van der Waals surface area contributed by atoms with Crippen LogP contribution in [-0.4, -0.2) is 26.0 Å². The number of aromatic carboxylic acids is 1. The van der Waals surface area contributed by atoms with Crippen molar-refractivity contribution in [2.24, 2.45) is 0 Å². The number of hydrogen-bond donors (Lipinski definition) is 3. The number of aromatic amines is 1. The summed E-state index contributed by atoms with van der Waals surface area (Å²) in [7, 11) is 0. The molecule has 0 atom stereocenters. The Kier molecular flexibility index (Phi) is 7.55. The third-order valence-corrected chi connectivity index (χ3v) is 4.00. The predicted octanol–water partition coefficient (Wildman–Crippen LogP) is 5.35. The van der Waals surface area contributed by atoms with Crippen LogP contribution in [0.2, 0.25) is 5.02 Å². The van der Waals surface area contributed by atoms with E-state index in [1.165, 1.54) is 0 Å². The van der Waals surface area contributed by atoms with Gasteiger partial charge in [0.2, 0.25) is 5.95 Å². The molecule has 0 saturated heterocycles. The average molecular weight is 389 g/mol. The van der Waals surface area contributed by atoms with E-state index in [1.807, 2.05) is 33.8 Å². The monoisotopic (exact) mass is 388 g/mol. The van der Waals surface area contributed by atoms with Crippen LogP contribution in [0.25, 0.3) is 22.6 Å². The fourth-order valence-corrected chi connectivity index (χ4v) is 2.73. The SMILES string of the molecule is C.CC.Cc1ccc(Cl)cc1-c1[nH]c(-c2nc(N)ncc2C)cc1C(=O)O. The number of nitrogens with one attached hydrogen (secondary N) is 1. The maximum absolute atomic E-state index is 11.7. The summed E-state index contributed by atoms with van der Waals surface area (Å²) in [6.45, 7) is 7.73. The van der Waals surface area contributed by atoms with Gasteiger partial charge in [0.1, 0.15) is 0 Å². The molecule has 2 heterocycles. The summed E-state index contributed by atoms with van der Waals surface area (Å²) >= 11 is 6.07. The van der Waals surface area contributed by atoms with E-state index in [1.54, 1.807) is 24.4 Å². The third kappa shape index (κ3) is 4.65. The van der Waals surface area contributed by atoms with Gasteiger partial charge < -0.3 is 15.8 Å². The fourth-order valence-electron chi connectivity index (χ4n) is 2.56. The number of aromatic nitrogens is 3. The summed E-state index contributed by atoms with van der Waals surface area (Å²) in [6, 6.07) is 6.89. The largest absolute Gasteiger partial charge is 0.478 e. The lowest BCUT2D eigenvalue weighted by Crippen LogP contribution is -1.98. The fraction of sp³-hybridized carbons (Fsp3) is 0.250. The second kappa shape index (κ2) is 9.19. The lowest BCUT2D eigenvalue weighted by molar-refractivity contribution is 0.0698. The van der Waals surface area contributed by atoms with Gasteiger partial charge in [-0.1, -0.05) is 38.9 Å². The molecule has 0 aliphatic heterocycles. The Hall–Kier alpha value is -2.86. The number of benzene rings is 1. The van der Waals surface area contributed by atoms with Gasteiger partial charge in [-0.2, -0.15) is 0 Å². The van der Waals surface area contributed by atoms with Crippen LogP contribution in [0.3, 0.4) is 0 Å². The van der Waals surface area contributed by atoms with Crippen LogP contribution >= 0.6 is 11.6 Å². The predicted molar refractivity (Wildman–Crippen MR) is 111 cm³/mol. The van der Waals surface area contributed by atoms with Crippen molar-refractivity contribution in [3.63, 3.8) is 0 Å². The zero-order valence-corrected chi connectivity index (χ0v) is 15.8. The molecule has 3 aromatic rings. The van der Waals surface area contributed by atoms with E-state index in [9.17, 15) is 9.90 Å². The first kappa shape index (κ1) is 22.2. The van der Waals surface area contributed by atoms with Crippen LogP contribution in [0.4, 0.5) is 5.95 Å². The maximum Gasteiger partial charge on any atom is 0.337 e. The number of rotatable bonds is 3. The molecule has 0 saturated carbocycles. The summed E-state index contributed by atoms with van der Waals surface area (Å²) in [5, 5.41) is 10.1. The smallest absolute Gasteiger partial charge is 0.337 e. The van der Waals surface area contributed by atoms with Crippen molar-refractivity contribution in [1.82, 2.24) is 15.0 Å². The summed E-state index contributed by atoms with van der Waals surface area (Å²) in [4.78, 5) is 23.0. The molecule has 0 radical (unpaired) electrons. The molecule has 144 valence electrons. The molecule has 27 heavy (non-hydrogen) atoms. The van der Waals surface area contributed by atoms with Gasteiger partial charge >= 0.3 is 5.97 Å². The minimum Gasteiger partial charge on any atom is -0.478 e. The van der Waals surface area contributed by atoms with Crippen molar-refractivity contribution in [3.8, 4) is 22.6 Å². The second-order valence-electron chi connectivity index (χ2n) is 5.50. The van der Waals surface area contributed by atoms with Gasteiger partial charge in [-0.25, -0.2) is 14.8 Å². The standard InChI is InChI=1S/C17H15ClN4O2.C2H6.CH4/c1-8-3-4-10(18)5-11(8)15-12(16(23)24)6-13(21-15)14-9(2)7-20-17(19)22-14;1-2;/h3-7,21H,1-2H3,(H,23,24)(H2,19,20,22);1-2H3;1H4. The molecule has 0 fully saturated rings. The molecule has 0 aliphatic carbocycles. The number of nitrogens with two attached hydrogens (primary N) is 1. The Morgan fingerprint density at radius 3 is 2.48 bits per heavy atom. The number of hydrogen-bond acceptors (Lipinski definition) is 4. The summed E-state index contributed by atoms with van der Waals surface area (Å²) in [5.41, 5.74) is 9.84. The van der Waals surface area contributed by atoms with Crippen LogP contribution in [0.15, 0.2) is 30.5 Å². The quantitative estimate of drug-likeness (QED) is 0.560. The number of nitrogen functional groups attached to an aromatic ring is 1. The number of carbonyl (C=O) groups is 1. The van der Waals surface area contributed by atoms with Gasteiger partial charge in [-0.15, -0.1) is 0 Å². The Bertz CT molecular complexity index is 951. The van der Waals surface area contributed by atoms with Crippen molar-refractivity contribution in [3.05, 3.63) is 52.2 Å². The molecule has 6 nitrogen and oxygen atoms in total. The van der Waals surface area contributed by atoms with Gasteiger partial charge in [0.15, 0.2) is 0 Å². The van der Waals surface area contributed by atoms with Crippen molar-refractivity contribution in [2.45, 2.75) is 35.1 Å². The van der Waals surface area contributed by atoms with E-state index >= 15 is 0 Å². The first-order valence-electron chi connectivity index (χ1n) is 8.19. The number of nitrogens with zero attached hydrogens (tertiary/aromatic N) is 2. The highest BCUT2D eigenvalue weighted by molar-refractivity contribution is 6.31. The Morgan fingerprint density at radius 2 is 1.85 bits per heavy atom. The summed E-state index contributed by atoms with van der Waals surface area (Å²) in [6.07, 6.45) is 1.60. The zero-order valence-electron chi connectivity index (χ0n) is 15.1. The van der Waals surface area contributed by atoms with E-state index in [0.717, 1.165) is 16.7 Å². The Morgan fingerprint density at radius 1 is 1.19 bits per heavy atom. The van der Waals surface area contributed by atoms with Crippen molar-refractivity contribution >= 4 is 23.5 Å². The lowest BCUT2D eigenvalue weighted by Gasteiger charge is -2.07. The van der Waals surface area contributed by atoms with E-state index in [0.29, 0.717) is 22.1 Å². The van der Waals surface area contributed by atoms with E-state index in [4.69, 9.17) is 17.3 Å². The van der Waals surface area contributed by atoms with Crippen molar-refractivity contribution in [2.75, 3.05) is 5.73 Å². The molecule has 0 unspecified atom stereocenters. The lowest BCUT2D eigenvalue weighted by atomic mass is 10.0. The molecule has 1 aromatic carbocycles. The number of anilines is 1. The molecular formula is C20H25ClN4O2. The molecule has 2 aromatic heterocycles. The number of halogens is 1. The van der Waals surface area contributed by atoms with Gasteiger partial charge in [0.05, 0.1) is 22.6 Å². The molecule has 7 heteroatoms. The molecule has 3 rings (SSSR count). The zero-order chi connectivity index (χ0) is 19.4. The number of H-pyrrole nitrogens is 1. The molecular weight excluding hydrogens is 364 g/mol. The Labute approximate surface area is 164 Å². The number of carboxylic acids is 1. The van der Waals surface area contributed by atoms with E-state index < -0.39 is 5.97 Å². The Balaban J connectivity index is 0.00000118. The van der Waals surface area contributed by atoms with Gasteiger partial charge in [0.25, 0.3) is 0 Å². The second-order valence-corrected chi connectivity index (χ2v) is 5.93. The van der Waals surface area contributed by atoms with Crippen molar-refractivity contribution < 1.29 is 9.90 Å². The van der Waals surface area contributed by atoms with Crippen LogP contribution in [0.1, 0.15) is 42.8 Å². The van der Waals surface area contributed by atoms with Crippen molar-refractivity contribution in [1.29, 1.82) is 0 Å². The minimum atomic E-state index is -1.04. The first-order valence-corrected chi connectivity index (χ1v) is 8.57. The van der Waals surface area contributed by atoms with Gasteiger partial charge in [0, 0.05) is 16.8 Å². The highest BCUT2D eigenvalue weighted by Gasteiger charge is 2.20. The van der Waals surface area contributed by atoms with Gasteiger partial charge in [-0.3, -0.25) is 0 Å². The highest BCUT2D eigenvalue weighted by atomic mass is 35.5. The number of carboxylic acid groups (broad SMARTS) is 1. The normalized spacial score (nSPS) is 9.81. The third-order valence-electron chi connectivity index (χ3n) is 3.76. The maximum atomic E-state index is 11.7. The van der Waals surface area contributed by atoms with Crippen LogP contribution in [-0.2, 0) is 0 Å². The molecule has 0 bridgehead atoms. The van der Waals surface area contributed by atoms with Crippen LogP contribution in [0, 0.1) is 13.8 Å². The van der Waals surface area contributed by atoms with E-state index in [2.05, 4.69) is 15.0 Å². The summed E-state index contributed by atoms with van der Waals surface area (Å²) < 4.78 is 0. The molecule has 4 N–H and O–H groups in total. The molecule has 0 aliphatic rings. The number of aryl methyl sites for hydroxylation is 2. The topological polar surface area (TPSA) is 105 Å². The highest BCUT2D eigenvalue weighted by Crippen LogP contribution is 2.33. The molecule has 0 amide bonds.